The van der Waals surface area contributed by atoms with Gasteiger partial charge >= 0.3 is 0 Å². The third kappa shape index (κ3) is 4.28. The number of amides is 1. The van der Waals surface area contributed by atoms with Gasteiger partial charge in [-0.2, -0.15) is 0 Å². The van der Waals surface area contributed by atoms with E-state index in [4.69, 9.17) is 26.8 Å². The Kier molecular flexibility index (Phi) is 6.10. The molecule has 0 fully saturated rings. The lowest BCUT2D eigenvalue weighted by molar-refractivity contribution is -0.116. The molecule has 0 saturated carbocycles. The van der Waals surface area contributed by atoms with Crippen molar-refractivity contribution in [3.8, 4) is 11.5 Å². The van der Waals surface area contributed by atoms with Crippen LogP contribution in [0.1, 0.15) is 20.3 Å². The Bertz CT molecular complexity index is 478. The van der Waals surface area contributed by atoms with Crippen molar-refractivity contribution in [3.63, 3.8) is 0 Å². The molecule has 0 aliphatic carbocycles. The zero-order valence-corrected chi connectivity index (χ0v) is 13.0. The maximum absolute atomic E-state index is 11.9. The Balaban J connectivity index is 2.84. The molecule has 1 aromatic rings. The number of hydrogen-bond donors (Lipinski definition) is 2. The number of rotatable bonds is 6. The lowest BCUT2D eigenvalue weighted by atomic mass is 10.0. The van der Waals surface area contributed by atoms with Crippen LogP contribution in [0.4, 0.5) is 5.69 Å². The summed E-state index contributed by atoms with van der Waals surface area (Å²) in [5, 5.41) is 3.12. The summed E-state index contributed by atoms with van der Waals surface area (Å²) in [6, 6.07) is 3.03. The number of benzene rings is 1. The van der Waals surface area contributed by atoms with E-state index < -0.39 is 0 Å². The third-order valence-corrected chi connectivity index (χ3v) is 3.34. The van der Waals surface area contributed by atoms with Crippen molar-refractivity contribution in [3.05, 3.63) is 17.2 Å². The van der Waals surface area contributed by atoms with Crippen LogP contribution in [-0.2, 0) is 4.79 Å². The molecule has 0 spiro atoms. The number of halogens is 1. The Morgan fingerprint density at radius 3 is 2.35 bits per heavy atom. The van der Waals surface area contributed by atoms with Gasteiger partial charge in [-0.15, -0.1) is 0 Å². The summed E-state index contributed by atoms with van der Waals surface area (Å²) in [6.45, 7) is 3.95. The molecule has 0 aliphatic heterocycles. The highest BCUT2D eigenvalue weighted by molar-refractivity contribution is 6.34. The lowest BCUT2D eigenvalue weighted by Crippen LogP contribution is -2.31. The molecule has 0 radical (unpaired) electrons. The van der Waals surface area contributed by atoms with Gasteiger partial charge in [-0.3, -0.25) is 4.79 Å². The Morgan fingerprint density at radius 2 is 1.85 bits per heavy atom. The van der Waals surface area contributed by atoms with E-state index in [0.717, 1.165) is 0 Å². The van der Waals surface area contributed by atoms with E-state index in [0.29, 0.717) is 22.2 Å². The number of carbonyl (C=O) groups excluding carboxylic acids is 1. The van der Waals surface area contributed by atoms with Crippen LogP contribution in [0.5, 0.6) is 11.5 Å². The average molecular weight is 301 g/mol. The quantitative estimate of drug-likeness (QED) is 0.847. The number of methoxy groups -OCH3 is 2. The van der Waals surface area contributed by atoms with Crippen LogP contribution in [0, 0.1) is 5.92 Å². The first-order chi connectivity index (χ1) is 9.38. The molecule has 6 heteroatoms. The van der Waals surface area contributed by atoms with Crippen molar-refractivity contribution in [2.24, 2.45) is 11.7 Å². The van der Waals surface area contributed by atoms with E-state index in [9.17, 15) is 4.79 Å². The van der Waals surface area contributed by atoms with Gasteiger partial charge in [0.05, 0.1) is 24.9 Å². The topological polar surface area (TPSA) is 73.6 Å². The molecule has 0 bridgehead atoms. The summed E-state index contributed by atoms with van der Waals surface area (Å²) >= 11 is 6.10. The second-order valence-electron chi connectivity index (χ2n) is 4.85. The standard InChI is InChI=1S/C14H21ClN2O3/c1-8(2)10(16)6-14(18)17-11-7-13(20-4)12(19-3)5-9(11)15/h5,7-8,10H,6,16H2,1-4H3,(H,17,18). The highest BCUT2D eigenvalue weighted by Crippen LogP contribution is 2.36. The second kappa shape index (κ2) is 7.36. The first-order valence-electron chi connectivity index (χ1n) is 6.36. The van der Waals surface area contributed by atoms with Crippen LogP contribution in [0.25, 0.3) is 0 Å². The molecular weight excluding hydrogens is 280 g/mol. The summed E-state index contributed by atoms with van der Waals surface area (Å²) in [4.78, 5) is 11.9. The number of ether oxygens (including phenoxy) is 2. The minimum absolute atomic E-state index is 0.180. The zero-order valence-electron chi connectivity index (χ0n) is 12.2. The molecule has 5 nitrogen and oxygen atoms in total. The minimum Gasteiger partial charge on any atom is -0.493 e. The third-order valence-electron chi connectivity index (χ3n) is 3.02. The molecule has 1 rings (SSSR count). The van der Waals surface area contributed by atoms with Gasteiger partial charge in [-0.05, 0) is 5.92 Å². The number of hydrogen-bond acceptors (Lipinski definition) is 4. The van der Waals surface area contributed by atoms with Gasteiger partial charge in [0, 0.05) is 24.6 Å². The van der Waals surface area contributed by atoms with Crippen molar-refractivity contribution >= 4 is 23.2 Å². The van der Waals surface area contributed by atoms with Crippen molar-refractivity contribution < 1.29 is 14.3 Å². The predicted octanol–water partition coefficient (Wildman–Crippen LogP) is 2.67. The van der Waals surface area contributed by atoms with E-state index in [2.05, 4.69) is 5.32 Å². The Hall–Kier alpha value is -1.46. The molecule has 20 heavy (non-hydrogen) atoms. The molecular formula is C14H21ClN2O3. The molecule has 1 unspecified atom stereocenters. The highest BCUT2D eigenvalue weighted by Gasteiger charge is 2.16. The molecule has 3 N–H and O–H groups in total. The van der Waals surface area contributed by atoms with Crippen LogP contribution >= 0.6 is 11.6 Å². The fourth-order valence-corrected chi connectivity index (χ4v) is 1.80. The Labute approximate surface area is 124 Å². The summed E-state index contributed by atoms with van der Waals surface area (Å²) in [5.41, 5.74) is 6.35. The maximum Gasteiger partial charge on any atom is 0.225 e. The van der Waals surface area contributed by atoms with E-state index in [1.807, 2.05) is 13.8 Å². The van der Waals surface area contributed by atoms with Gasteiger partial charge in [0.15, 0.2) is 11.5 Å². The largest absolute Gasteiger partial charge is 0.493 e. The molecule has 1 atom stereocenters. The Morgan fingerprint density at radius 1 is 1.30 bits per heavy atom. The number of carbonyl (C=O) groups is 1. The van der Waals surface area contributed by atoms with Gasteiger partial charge in [-0.25, -0.2) is 0 Å². The number of nitrogens with one attached hydrogen (secondary N) is 1. The van der Waals surface area contributed by atoms with Crippen LogP contribution < -0.4 is 20.5 Å². The highest BCUT2D eigenvalue weighted by atomic mass is 35.5. The van der Waals surface area contributed by atoms with Crippen LogP contribution in [0.2, 0.25) is 5.02 Å². The summed E-state index contributed by atoms with van der Waals surface area (Å²) in [7, 11) is 3.04. The van der Waals surface area contributed by atoms with Gasteiger partial charge in [0.25, 0.3) is 0 Å². The van der Waals surface area contributed by atoms with Crippen molar-refractivity contribution in [2.75, 3.05) is 19.5 Å². The summed E-state index contributed by atoms with van der Waals surface area (Å²) in [6.07, 6.45) is 0.238. The second-order valence-corrected chi connectivity index (χ2v) is 5.25. The molecule has 1 aromatic carbocycles. The van der Waals surface area contributed by atoms with Gasteiger partial charge in [-0.1, -0.05) is 25.4 Å². The van der Waals surface area contributed by atoms with Crippen molar-refractivity contribution in [1.82, 2.24) is 0 Å². The molecule has 0 heterocycles. The van der Waals surface area contributed by atoms with Crippen molar-refractivity contribution in [1.29, 1.82) is 0 Å². The molecule has 0 aromatic heterocycles. The molecule has 0 saturated heterocycles. The molecule has 112 valence electrons. The summed E-state index contributed by atoms with van der Waals surface area (Å²) in [5.74, 6) is 1.07. The molecule has 0 aliphatic rings. The fourth-order valence-electron chi connectivity index (χ4n) is 1.60. The van der Waals surface area contributed by atoms with E-state index in [1.165, 1.54) is 14.2 Å². The average Bonchev–Trinajstić information content (AvgIpc) is 2.40. The SMILES string of the molecule is COc1cc(Cl)c(NC(=O)CC(N)C(C)C)cc1OC. The van der Waals surface area contributed by atoms with Crippen LogP contribution in [0.15, 0.2) is 12.1 Å². The van der Waals surface area contributed by atoms with Gasteiger partial charge in [0.2, 0.25) is 5.91 Å². The number of nitrogens with two attached hydrogens (primary N) is 1. The summed E-state index contributed by atoms with van der Waals surface area (Å²) < 4.78 is 10.3. The first-order valence-corrected chi connectivity index (χ1v) is 6.73. The predicted molar refractivity (Wildman–Crippen MR) is 80.6 cm³/mol. The lowest BCUT2D eigenvalue weighted by Gasteiger charge is -2.16. The van der Waals surface area contributed by atoms with E-state index in [1.54, 1.807) is 12.1 Å². The fraction of sp³-hybridized carbons (Fsp3) is 0.500. The first kappa shape index (κ1) is 16.6. The smallest absolute Gasteiger partial charge is 0.225 e. The number of anilines is 1. The van der Waals surface area contributed by atoms with Gasteiger partial charge < -0.3 is 20.5 Å². The normalized spacial score (nSPS) is 12.2. The minimum atomic E-state index is -0.186. The van der Waals surface area contributed by atoms with Crippen LogP contribution in [0.3, 0.4) is 0 Å². The monoisotopic (exact) mass is 300 g/mol. The van der Waals surface area contributed by atoms with Crippen LogP contribution in [-0.4, -0.2) is 26.2 Å². The molecule has 1 amide bonds. The maximum atomic E-state index is 11.9. The van der Waals surface area contributed by atoms with Crippen molar-refractivity contribution in [2.45, 2.75) is 26.3 Å². The van der Waals surface area contributed by atoms with E-state index >= 15 is 0 Å². The van der Waals surface area contributed by atoms with Gasteiger partial charge in [0.1, 0.15) is 0 Å². The van der Waals surface area contributed by atoms with E-state index in [-0.39, 0.29) is 24.3 Å². The zero-order chi connectivity index (χ0) is 15.3.